The number of hydrogen-bond donors (Lipinski definition) is 1. The second-order valence-electron chi connectivity index (χ2n) is 6.63. The van der Waals surface area contributed by atoms with Gasteiger partial charge in [0.1, 0.15) is 12.1 Å². The highest BCUT2D eigenvalue weighted by atomic mass is 15.3. The lowest BCUT2D eigenvalue weighted by Gasteiger charge is -2.20. The maximum Gasteiger partial charge on any atom is 0.168 e. The molecule has 2 aromatic heterocycles. The molecule has 1 aliphatic rings. The predicted molar refractivity (Wildman–Crippen MR) is 103 cm³/mol. The molecule has 26 heavy (non-hydrogen) atoms. The van der Waals surface area contributed by atoms with E-state index in [1.807, 2.05) is 41.2 Å². The number of fused-ring (bicyclic) bond motifs is 2. The lowest BCUT2D eigenvalue weighted by molar-refractivity contribution is 0.687. The van der Waals surface area contributed by atoms with Crippen LogP contribution in [0.5, 0.6) is 0 Å². The highest BCUT2D eigenvalue weighted by molar-refractivity contribution is 5.89. The molecular weight excluding hydrogens is 322 g/mol. The molecule has 128 valence electrons. The van der Waals surface area contributed by atoms with Gasteiger partial charge in [0.25, 0.3) is 0 Å². The van der Waals surface area contributed by atoms with E-state index in [2.05, 4.69) is 38.6 Å². The summed E-state index contributed by atoms with van der Waals surface area (Å²) in [6.07, 6.45) is 8.24. The molecule has 5 nitrogen and oxygen atoms in total. The second-order valence-corrected chi connectivity index (χ2v) is 6.63. The summed E-state index contributed by atoms with van der Waals surface area (Å²) >= 11 is 0. The van der Waals surface area contributed by atoms with Crippen LogP contribution in [0.2, 0.25) is 0 Å². The fraction of sp³-hybridized carbons (Fsp3) is 0.190. The van der Waals surface area contributed by atoms with Crippen LogP contribution in [0.4, 0.5) is 11.5 Å². The minimum Gasteiger partial charge on any atom is -0.339 e. The Balaban J connectivity index is 1.58. The number of nitrogens with zero attached hydrogens (tertiary/aromatic N) is 4. The summed E-state index contributed by atoms with van der Waals surface area (Å²) in [5.41, 5.74) is 5.81. The highest BCUT2D eigenvalue weighted by Gasteiger charge is 2.15. The second kappa shape index (κ2) is 6.26. The van der Waals surface area contributed by atoms with E-state index in [0.29, 0.717) is 0 Å². The van der Waals surface area contributed by atoms with Gasteiger partial charge >= 0.3 is 0 Å². The van der Waals surface area contributed by atoms with E-state index in [1.54, 1.807) is 6.33 Å². The van der Waals surface area contributed by atoms with Gasteiger partial charge in [-0.3, -0.25) is 0 Å². The molecule has 0 spiro atoms. The maximum atomic E-state index is 4.53. The maximum absolute atomic E-state index is 4.53. The van der Waals surface area contributed by atoms with E-state index in [4.69, 9.17) is 0 Å². The lowest BCUT2D eigenvalue weighted by atomic mass is 9.90. The Labute approximate surface area is 151 Å². The molecule has 2 aromatic carbocycles. The summed E-state index contributed by atoms with van der Waals surface area (Å²) in [5, 5.41) is 8.99. The van der Waals surface area contributed by atoms with Crippen LogP contribution in [0.3, 0.4) is 0 Å². The summed E-state index contributed by atoms with van der Waals surface area (Å²) in [5.74, 6) is 0.802. The molecule has 0 saturated carbocycles. The Morgan fingerprint density at radius 2 is 1.77 bits per heavy atom. The number of aromatic nitrogens is 4. The van der Waals surface area contributed by atoms with Crippen molar-refractivity contribution in [1.29, 1.82) is 0 Å². The number of aryl methyl sites for hydroxylation is 1. The van der Waals surface area contributed by atoms with Crippen molar-refractivity contribution in [3.63, 3.8) is 0 Å². The molecule has 5 heteroatoms. The van der Waals surface area contributed by atoms with Crippen molar-refractivity contribution in [3.8, 4) is 5.69 Å². The average molecular weight is 341 g/mol. The number of benzene rings is 2. The van der Waals surface area contributed by atoms with Crippen molar-refractivity contribution in [2.45, 2.75) is 25.7 Å². The number of hydrogen-bond acceptors (Lipinski definition) is 4. The van der Waals surface area contributed by atoms with E-state index >= 15 is 0 Å². The third kappa shape index (κ3) is 2.52. The zero-order valence-electron chi connectivity index (χ0n) is 14.4. The van der Waals surface area contributed by atoms with Crippen LogP contribution >= 0.6 is 0 Å². The minimum absolute atomic E-state index is 0.802. The number of nitrogens with one attached hydrogen (secondary N) is 1. The molecule has 0 amide bonds. The van der Waals surface area contributed by atoms with Gasteiger partial charge in [-0.25, -0.2) is 14.6 Å². The molecule has 0 bridgehead atoms. The SMILES string of the molecule is c1ccc(-n2ncc3c(Nc4cccc5c4CCCC5)ncnc32)cc1. The van der Waals surface area contributed by atoms with Crippen LogP contribution in [0.1, 0.15) is 24.0 Å². The van der Waals surface area contributed by atoms with E-state index in [0.717, 1.165) is 41.1 Å². The van der Waals surface area contributed by atoms with Gasteiger partial charge in [0.2, 0.25) is 0 Å². The third-order valence-electron chi connectivity index (χ3n) is 5.02. The van der Waals surface area contributed by atoms with Crippen LogP contribution in [-0.2, 0) is 12.8 Å². The minimum atomic E-state index is 0.802. The summed E-state index contributed by atoms with van der Waals surface area (Å²) in [6, 6.07) is 16.5. The standard InChI is InChI=1S/C21H19N5/c1-2-9-16(10-3-1)26-21-18(13-24-26)20(22-14-23-21)25-19-12-6-8-15-7-4-5-11-17(15)19/h1-3,6,8-10,12-14H,4-5,7,11H2,(H,22,23,25). The molecule has 4 aromatic rings. The topological polar surface area (TPSA) is 55.6 Å². The molecular formula is C21H19N5. The molecule has 1 aliphatic carbocycles. The molecule has 0 radical (unpaired) electrons. The van der Waals surface area contributed by atoms with E-state index in [1.165, 1.54) is 24.0 Å². The van der Waals surface area contributed by atoms with Crippen LogP contribution in [0.15, 0.2) is 61.1 Å². The largest absolute Gasteiger partial charge is 0.339 e. The summed E-state index contributed by atoms with van der Waals surface area (Å²) in [6.45, 7) is 0. The van der Waals surface area contributed by atoms with Crippen molar-refractivity contribution in [2.24, 2.45) is 0 Å². The number of para-hydroxylation sites is 1. The van der Waals surface area contributed by atoms with Gasteiger partial charge in [-0.1, -0.05) is 30.3 Å². The molecule has 5 rings (SSSR count). The van der Waals surface area contributed by atoms with Crippen molar-refractivity contribution < 1.29 is 0 Å². The van der Waals surface area contributed by atoms with Crippen molar-refractivity contribution >= 4 is 22.5 Å². The fourth-order valence-electron chi connectivity index (χ4n) is 3.73. The molecule has 0 atom stereocenters. The van der Waals surface area contributed by atoms with Gasteiger partial charge in [-0.15, -0.1) is 0 Å². The van der Waals surface area contributed by atoms with Crippen molar-refractivity contribution in [2.75, 3.05) is 5.32 Å². The Bertz CT molecular complexity index is 1070. The quantitative estimate of drug-likeness (QED) is 0.598. The number of anilines is 2. The first-order valence-corrected chi connectivity index (χ1v) is 9.02. The third-order valence-corrected chi connectivity index (χ3v) is 5.02. The summed E-state index contributed by atoms with van der Waals surface area (Å²) < 4.78 is 1.85. The van der Waals surface area contributed by atoms with Crippen LogP contribution < -0.4 is 5.32 Å². The normalized spacial score (nSPS) is 13.5. The highest BCUT2D eigenvalue weighted by Crippen LogP contribution is 2.31. The van der Waals surface area contributed by atoms with Crippen molar-refractivity contribution in [1.82, 2.24) is 19.7 Å². The van der Waals surface area contributed by atoms with E-state index < -0.39 is 0 Å². The first kappa shape index (κ1) is 15.1. The van der Waals surface area contributed by atoms with Gasteiger partial charge in [-0.2, -0.15) is 5.10 Å². The predicted octanol–water partition coefficient (Wildman–Crippen LogP) is 4.44. The smallest absolute Gasteiger partial charge is 0.168 e. The molecule has 2 heterocycles. The average Bonchev–Trinajstić information content (AvgIpc) is 3.14. The first-order chi connectivity index (χ1) is 12.9. The van der Waals surface area contributed by atoms with Gasteiger partial charge in [-0.05, 0) is 55.0 Å². The molecule has 0 aliphatic heterocycles. The molecule has 0 unspecified atom stereocenters. The fourth-order valence-corrected chi connectivity index (χ4v) is 3.73. The van der Waals surface area contributed by atoms with Crippen LogP contribution in [0.25, 0.3) is 16.7 Å². The van der Waals surface area contributed by atoms with Gasteiger partial charge < -0.3 is 5.32 Å². The van der Waals surface area contributed by atoms with E-state index in [9.17, 15) is 0 Å². The molecule has 1 N–H and O–H groups in total. The van der Waals surface area contributed by atoms with Crippen LogP contribution in [-0.4, -0.2) is 19.7 Å². The zero-order valence-corrected chi connectivity index (χ0v) is 14.4. The molecule has 0 fully saturated rings. The van der Waals surface area contributed by atoms with Gasteiger partial charge in [0, 0.05) is 5.69 Å². The van der Waals surface area contributed by atoms with Crippen molar-refractivity contribution in [3.05, 3.63) is 72.2 Å². The Kier molecular flexibility index (Phi) is 3.63. The van der Waals surface area contributed by atoms with E-state index in [-0.39, 0.29) is 0 Å². The van der Waals surface area contributed by atoms with Gasteiger partial charge in [0.15, 0.2) is 5.65 Å². The molecule has 0 saturated heterocycles. The Morgan fingerprint density at radius 1 is 0.885 bits per heavy atom. The Hall–Kier alpha value is -3.21. The van der Waals surface area contributed by atoms with Gasteiger partial charge in [0.05, 0.1) is 17.3 Å². The van der Waals surface area contributed by atoms with Crippen LogP contribution in [0, 0.1) is 0 Å². The lowest BCUT2D eigenvalue weighted by Crippen LogP contribution is -2.07. The monoisotopic (exact) mass is 341 g/mol. The Morgan fingerprint density at radius 3 is 2.69 bits per heavy atom. The number of rotatable bonds is 3. The summed E-state index contributed by atoms with van der Waals surface area (Å²) in [4.78, 5) is 8.94. The first-order valence-electron chi connectivity index (χ1n) is 9.02. The summed E-state index contributed by atoms with van der Waals surface area (Å²) in [7, 11) is 0. The zero-order chi connectivity index (χ0) is 17.3.